The fraction of sp³-hybridized carbons (Fsp3) is 1.00. The summed E-state index contributed by atoms with van der Waals surface area (Å²) in [5.74, 6) is 1.84. The van der Waals surface area contributed by atoms with Gasteiger partial charge in [0.05, 0.1) is 6.10 Å². The minimum absolute atomic E-state index is 0.386. The van der Waals surface area contributed by atoms with E-state index in [1.165, 1.54) is 64.8 Å². The van der Waals surface area contributed by atoms with Crippen LogP contribution in [0.4, 0.5) is 0 Å². The Morgan fingerprint density at radius 2 is 1.45 bits per heavy atom. The zero-order chi connectivity index (χ0) is 15.9. The molecule has 130 valence electrons. The second kappa shape index (κ2) is 9.24. The third-order valence-corrected chi connectivity index (χ3v) is 5.58. The van der Waals surface area contributed by atoms with Crippen LogP contribution in [0, 0.1) is 11.8 Å². The van der Waals surface area contributed by atoms with Gasteiger partial charge in [0.2, 0.25) is 0 Å². The van der Waals surface area contributed by atoms with Gasteiger partial charge in [0.1, 0.15) is 0 Å². The number of nitrogens with zero attached hydrogens (tertiary/aromatic N) is 2. The molecule has 2 heterocycles. The summed E-state index contributed by atoms with van der Waals surface area (Å²) in [7, 11) is 0. The maximum atomic E-state index is 5.70. The van der Waals surface area contributed by atoms with Gasteiger partial charge in [0.25, 0.3) is 0 Å². The highest BCUT2D eigenvalue weighted by molar-refractivity contribution is 4.79. The summed E-state index contributed by atoms with van der Waals surface area (Å²) in [6.07, 6.45) is 7.22. The van der Waals surface area contributed by atoms with Gasteiger partial charge in [-0.05, 0) is 97.8 Å². The van der Waals surface area contributed by atoms with Crippen LogP contribution in [0.5, 0.6) is 0 Å². The van der Waals surface area contributed by atoms with Gasteiger partial charge in [-0.1, -0.05) is 0 Å². The van der Waals surface area contributed by atoms with Crippen LogP contribution in [0.25, 0.3) is 0 Å². The predicted molar refractivity (Wildman–Crippen MR) is 94.3 cm³/mol. The molecule has 0 atom stereocenters. The van der Waals surface area contributed by atoms with E-state index in [4.69, 9.17) is 4.74 Å². The molecule has 3 nitrogen and oxygen atoms in total. The lowest BCUT2D eigenvalue weighted by atomic mass is 9.91. The summed E-state index contributed by atoms with van der Waals surface area (Å²) in [5.41, 5.74) is 0. The number of likely N-dealkylation sites (tertiary alicyclic amines) is 2. The zero-order valence-corrected chi connectivity index (χ0v) is 15.4. The lowest BCUT2D eigenvalue weighted by molar-refractivity contribution is 0.0555. The van der Waals surface area contributed by atoms with Gasteiger partial charge in [0, 0.05) is 19.2 Å². The molecule has 2 saturated heterocycles. The molecule has 0 N–H and O–H groups in total. The van der Waals surface area contributed by atoms with E-state index in [2.05, 4.69) is 37.5 Å². The molecule has 2 fully saturated rings. The van der Waals surface area contributed by atoms with Crippen molar-refractivity contribution in [2.24, 2.45) is 11.8 Å². The maximum Gasteiger partial charge on any atom is 0.0518 e. The van der Waals surface area contributed by atoms with E-state index in [1.54, 1.807) is 0 Å². The Morgan fingerprint density at radius 1 is 0.864 bits per heavy atom. The van der Waals surface area contributed by atoms with Gasteiger partial charge in [-0.3, -0.25) is 0 Å². The largest absolute Gasteiger partial charge is 0.379 e. The van der Waals surface area contributed by atoms with Gasteiger partial charge >= 0.3 is 0 Å². The molecule has 0 bridgehead atoms. The Morgan fingerprint density at radius 3 is 2.00 bits per heavy atom. The van der Waals surface area contributed by atoms with Crippen molar-refractivity contribution in [1.82, 2.24) is 9.80 Å². The smallest absolute Gasteiger partial charge is 0.0518 e. The molecule has 2 rings (SSSR count). The Hall–Kier alpha value is -0.120. The molecular formula is C19H38N2O. The quantitative estimate of drug-likeness (QED) is 0.714. The fourth-order valence-electron chi connectivity index (χ4n) is 3.95. The normalized spacial score (nSPS) is 23.7. The molecule has 0 aliphatic carbocycles. The topological polar surface area (TPSA) is 15.7 Å². The van der Waals surface area contributed by atoms with Crippen molar-refractivity contribution in [3.05, 3.63) is 0 Å². The van der Waals surface area contributed by atoms with Crippen molar-refractivity contribution in [1.29, 1.82) is 0 Å². The van der Waals surface area contributed by atoms with Crippen LogP contribution in [0.3, 0.4) is 0 Å². The predicted octanol–water partition coefficient (Wildman–Crippen LogP) is 3.63. The standard InChI is InChI=1S/C19H38N2O/c1-16(2)21-12-7-19(8-13-21)15-20-10-5-18(6-11-20)9-14-22-17(3)4/h16-19H,5-15H2,1-4H3. The van der Waals surface area contributed by atoms with E-state index in [-0.39, 0.29) is 0 Å². The van der Waals surface area contributed by atoms with Crippen LogP contribution >= 0.6 is 0 Å². The number of hydrogen-bond donors (Lipinski definition) is 0. The lowest BCUT2D eigenvalue weighted by Gasteiger charge is -2.38. The first-order valence-electron chi connectivity index (χ1n) is 9.62. The Balaban J connectivity index is 1.58. The highest BCUT2D eigenvalue weighted by Crippen LogP contribution is 2.24. The first-order valence-corrected chi connectivity index (χ1v) is 9.62. The lowest BCUT2D eigenvalue weighted by Crippen LogP contribution is -2.43. The van der Waals surface area contributed by atoms with E-state index >= 15 is 0 Å². The number of rotatable bonds is 7. The molecule has 0 aromatic carbocycles. The van der Waals surface area contributed by atoms with E-state index < -0.39 is 0 Å². The van der Waals surface area contributed by atoms with Gasteiger partial charge in [-0.25, -0.2) is 0 Å². The van der Waals surface area contributed by atoms with Crippen molar-refractivity contribution >= 4 is 0 Å². The number of hydrogen-bond acceptors (Lipinski definition) is 3. The summed E-state index contributed by atoms with van der Waals surface area (Å²) >= 11 is 0. The maximum absolute atomic E-state index is 5.70. The molecule has 3 heteroatoms. The van der Waals surface area contributed by atoms with Crippen molar-refractivity contribution < 1.29 is 4.74 Å². The fourth-order valence-corrected chi connectivity index (χ4v) is 3.95. The first kappa shape index (κ1) is 18.2. The summed E-state index contributed by atoms with van der Waals surface area (Å²) in [6.45, 7) is 16.5. The average Bonchev–Trinajstić information content (AvgIpc) is 2.49. The summed E-state index contributed by atoms with van der Waals surface area (Å²) in [6, 6.07) is 0.727. The Kier molecular flexibility index (Phi) is 7.66. The van der Waals surface area contributed by atoms with Crippen LogP contribution in [0.1, 0.15) is 59.8 Å². The summed E-state index contributed by atoms with van der Waals surface area (Å²) in [4.78, 5) is 5.37. The first-order chi connectivity index (χ1) is 10.5. The minimum atomic E-state index is 0.386. The Bertz CT molecular complexity index is 290. The molecule has 0 spiro atoms. The molecule has 0 aromatic rings. The minimum Gasteiger partial charge on any atom is -0.379 e. The average molecular weight is 311 g/mol. The van der Waals surface area contributed by atoms with Gasteiger partial charge in [-0.15, -0.1) is 0 Å². The molecule has 0 unspecified atom stereocenters. The molecule has 0 radical (unpaired) electrons. The van der Waals surface area contributed by atoms with Gasteiger partial charge in [0.15, 0.2) is 0 Å². The molecule has 0 amide bonds. The van der Waals surface area contributed by atoms with Crippen LogP contribution in [-0.4, -0.2) is 61.3 Å². The second-order valence-corrected chi connectivity index (χ2v) is 8.03. The monoisotopic (exact) mass is 310 g/mol. The molecule has 2 aliphatic rings. The molecule has 0 saturated carbocycles. The highest BCUT2D eigenvalue weighted by Gasteiger charge is 2.25. The van der Waals surface area contributed by atoms with Crippen molar-refractivity contribution in [3.8, 4) is 0 Å². The summed E-state index contributed by atoms with van der Waals surface area (Å²) < 4.78 is 5.70. The van der Waals surface area contributed by atoms with E-state index in [1.807, 2.05) is 0 Å². The third-order valence-electron chi connectivity index (χ3n) is 5.58. The van der Waals surface area contributed by atoms with Crippen LogP contribution in [0.2, 0.25) is 0 Å². The Labute approximate surface area is 138 Å². The van der Waals surface area contributed by atoms with E-state index in [0.717, 1.165) is 24.5 Å². The van der Waals surface area contributed by atoms with Crippen molar-refractivity contribution in [2.75, 3.05) is 39.3 Å². The molecular weight excluding hydrogens is 272 g/mol. The van der Waals surface area contributed by atoms with E-state index in [0.29, 0.717) is 6.10 Å². The summed E-state index contributed by atoms with van der Waals surface area (Å²) in [5, 5.41) is 0. The van der Waals surface area contributed by atoms with Crippen LogP contribution in [-0.2, 0) is 4.74 Å². The van der Waals surface area contributed by atoms with Crippen LogP contribution in [0.15, 0.2) is 0 Å². The number of piperidine rings is 2. The molecule has 0 aromatic heterocycles. The molecule has 2 aliphatic heterocycles. The van der Waals surface area contributed by atoms with E-state index in [9.17, 15) is 0 Å². The SMILES string of the molecule is CC(C)OCCC1CCN(CC2CCN(C(C)C)CC2)CC1. The zero-order valence-electron chi connectivity index (χ0n) is 15.4. The molecule has 22 heavy (non-hydrogen) atoms. The van der Waals surface area contributed by atoms with Crippen molar-refractivity contribution in [2.45, 2.75) is 71.9 Å². The second-order valence-electron chi connectivity index (χ2n) is 8.03. The van der Waals surface area contributed by atoms with Gasteiger partial charge < -0.3 is 14.5 Å². The van der Waals surface area contributed by atoms with Gasteiger partial charge in [-0.2, -0.15) is 0 Å². The highest BCUT2D eigenvalue weighted by atomic mass is 16.5. The number of ether oxygens (including phenoxy) is 1. The van der Waals surface area contributed by atoms with Crippen molar-refractivity contribution in [3.63, 3.8) is 0 Å². The van der Waals surface area contributed by atoms with Crippen LogP contribution < -0.4 is 0 Å². The third kappa shape index (κ3) is 6.17.